The minimum absolute atomic E-state index is 0.0169. The Labute approximate surface area is 129 Å². The average molecular weight is 305 g/mol. The zero-order valence-electron chi connectivity index (χ0n) is 12.4. The average Bonchev–Trinajstić information content (AvgIpc) is 2.42. The lowest BCUT2D eigenvalue weighted by atomic mass is 9.82. The molecule has 1 nitrogen and oxygen atoms in total. The van der Waals surface area contributed by atoms with Crippen molar-refractivity contribution in [3.8, 4) is 0 Å². The maximum atomic E-state index is 13.2. The van der Waals surface area contributed by atoms with E-state index >= 15 is 0 Å². The molecule has 0 aliphatic rings. The predicted molar refractivity (Wildman–Crippen MR) is 84.6 cm³/mol. The minimum Gasteiger partial charge on any atom is -0.294 e. The molecule has 2 aromatic rings. The number of hydrogen-bond donors (Lipinski definition) is 0. The van der Waals surface area contributed by atoms with Gasteiger partial charge in [0.05, 0.1) is 5.02 Å². The molecule has 0 aliphatic heterocycles. The van der Waals surface area contributed by atoms with E-state index in [-0.39, 0.29) is 22.6 Å². The Bertz CT molecular complexity index is 671. The molecule has 0 saturated heterocycles. The van der Waals surface area contributed by atoms with Gasteiger partial charge in [-0.25, -0.2) is 4.39 Å². The summed E-state index contributed by atoms with van der Waals surface area (Å²) in [5.41, 5.74) is 2.34. The molecule has 0 aromatic heterocycles. The molecule has 0 spiro atoms. The third-order valence-electron chi connectivity index (χ3n) is 3.38. The van der Waals surface area contributed by atoms with Crippen LogP contribution in [-0.4, -0.2) is 5.78 Å². The Hall–Kier alpha value is -1.67. The van der Waals surface area contributed by atoms with Gasteiger partial charge < -0.3 is 0 Å². The monoisotopic (exact) mass is 304 g/mol. The van der Waals surface area contributed by atoms with Gasteiger partial charge in [0.25, 0.3) is 0 Å². The van der Waals surface area contributed by atoms with Crippen molar-refractivity contribution in [3.63, 3.8) is 0 Å². The van der Waals surface area contributed by atoms with Gasteiger partial charge >= 0.3 is 0 Å². The van der Waals surface area contributed by atoms with Crippen LogP contribution in [0.5, 0.6) is 0 Å². The molecule has 0 fully saturated rings. The zero-order valence-corrected chi connectivity index (χ0v) is 13.2. The maximum absolute atomic E-state index is 13.2. The summed E-state index contributed by atoms with van der Waals surface area (Å²) in [7, 11) is 0. The zero-order chi connectivity index (χ0) is 15.6. The molecule has 0 heterocycles. The summed E-state index contributed by atoms with van der Waals surface area (Å²) in [4.78, 5) is 12.5. The molecule has 21 heavy (non-hydrogen) atoms. The lowest BCUT2D eigenvalue weighted by Gasteiger charge is -2.22. The van der Waals surface area contributed by atoms with Crippen LogP contribution in [0.3, 0.4) is 0 Å². The molecule has 2 rings (SSSR count). The quantitative estimate of drug-likeness (QED) is 0.712. The summed E-state index contributed by atoms with van der Waals surface area (Å²) in [6.45, 7) is 6.23. The molecular formula is C18H18ClFO. The fraction of sp³-hybridized carbons (Fsp3) is 0.278. The third-order valence-corrected chi connectivity index (χ3v) is 3.67. The van der Waals surface area contributed by atoms with E-state index in [0.717, 1.165) is 11.1 Å². The van der Waals surface area contributed by atoms with Gasteiger partial charge in [-0.3, -0.25) is 4.79 Å². The van der Waals surface area contributed by atoms with Crippen LogP contribution in [0, 0.1) is 5.82 Å². The largest absolute Gasteiger partial charge is 0.294 e. The summed E-state index contributed by atoms with van der Waals surface area (Å²) in [6.07, 6.45) is 0.215. The van der Waals surface area contributed by atoms with Crippen molar-refractivity contribution >= 4 is 17.4 Å². The van der Waals surface area contributed by atoms with Crippen molar-refractivity contribution < 1.29 is 9.18 Å². The standard InChI is InChI=1S/C18H18ClFO/c1-18(2,3)14-7-5-4-6-13(14)17(21)11-12-8-9-16(20)15(19)10-12/h4-10H,11H2,1-3H3. The molecule has 0 bridgehead atoms. The first-order valence-electron chi connectivity index (χ1n) is 6.85. The molecule has 0 atom stereocenters. The molecule has 0 amide bonds. The number of rotatable bonds is 3. The molecular weight excluding hydrogens is 287 g/mol. The molecule has 0 radical (unpaired) electrons. The molecule has 3 heteroatoms. The first-order valence-corrected chi connectivity index (χ1v) is 7.23. The Kier molecular flexibility index (Phi) is 4.48. The lowest BCUT2D eigenvalue weighted by molar-refractivity contribution is 0.0991. The van der Waals surface area contributed by atoms with E-state index in [9.17, 15) is 9.18 Å². The highest BCUT2D eigenvalue weighted by Gasteiger charge is 2.21. The molecule has 0 N–H and O–H groups in total. The van der Waals surface area contributed by atoms with Crippen LogP contribution in [0.15, 0.2) is 42.5 Å². The van der Waals surface area contributed by atoms with E-state index in [1.165, 1.54) is 12.1 Å². The van der Waals surface area contributed by atoms with E-state index in [1.807, 2.05) is 24.3 Å². The number of benzene rings is 2. The summed E-state index contributed by atoms with van der Waals surface area (Å²) in [6, 6.07) is 12.0. The fourth-order valence-corrected chi connectivity index (χ4v) is 2.51. The van der Waals surface area contributed by atoms with Gasteiger partial charge in [-0.1, -0.05) is 62.7 Å². The van der Waals surface area contributed by atoms with Gasteiger partial charge in [0.1, 0.15) is 5.82 Å². The Balaban J connectivity index is 2.31. The number of carbonyl (C=O) groups is 1. The van der Waals surface area contributed by atoms with E-state index < -0.39 is 5.82 Å². The van der Waals surface area contributed by atoms with Gasteiger partial charge in [0.15, 0.2) is 5.78 Å². The number of Topliss-reactive ketones (excluding diaryl/α,β-unsaturated/α-hetero) is 1. The molecule has 0 aliphatic carbocycles. The van der Waals surface area contributed by atoms with E-state index in [4.69, 9.17) is 11.6 Å². The van der Waals surface area contributed by atoms with Crippen LogP contribution < -0.4 is 0 Å². The van der Waals surface area contributed by atoms with Crippen LogP contribution in [0.2, 0.25) is 5.02 Å². The Morgan fingerprint density at radius 2 is 1.81 bits per heavy atom. The SMILES string of the molecule is CC(C)(C)c1ccccc1C(=O)Cc1ccc(F)c(Cl)c1. The third kappa shape index (κ3) is 3.70. The van der Waals surface area contributed by atoms with Crippen molar-refractivity contribution in [2.75, 3.05) is 0 Å². The van der Waals surface area contributed by atoms with Crippen molar-refractivity contribution in [3.05, 3.63) is 70.0 Å². The summed E-state index contributed by atoms with van der Waals surface area (Å²) in [5.74, 6) is -0.453. The van der Waals surface area contributed by atoms with Crippen LogP contribution in [0.1, 0.15) is 42.3 Å². The summed E-state index contributed by atoms with van der Waals surface area (Å²) >= 11 is 5.76. The van der Waals surface area contributed by atoms with Crippen molar-refractivity contribution in [1.82, 2.24) is 0 Å². The predicted octanol–water partition coefficient (Wildman–Crippen LogP) is 5.20. The van der Waals surface area contributed by atoms with Crippen molar-refractivity contribution in [2.24, 2.45) is 0 Å². The van der Waals surface area contributed by atoms with Gasteiger partial charge in [0.2, 0.25) is 0 Å². The number of carbonyl (C=O) groups excluding carboxylic acids is 1. The topological polar surface area (TPSA) is 17.1 Å². The Morgan fingerprint density at radius 1 is 1.14 bits per heavy atom. The van der Waals surface area contributed by atoms with Crippen molar-refractivity contribution in [1.29, 1.82) is 0 Å². The normalized spacial score (nSPS) is 11.5. The lowest BCUT2D eigenvalue weighted by Crippen LogP contribution is -2.17. The smallest absolute Gasteiger partial charge is 0.167 e. The van der Waals surface area contributed by atoms with E-state index in [2.05, 4.69) is 20.8 Å². The first kappa shape index (κ1) is 15.7. The van der Waals surface area contributed by atoms with Gasteiger partial charge in [-0.2, -0.15) is 0 Å². The molecule has 0 unspecified atom stereocenters. The van der Waals surface area contributed by atoms with E-state index in [1.54, 1.807) is 6.07 Å². The highest BCUT2D eigenvalue weighted by Crippen LogP contribution is 2.27. The van der Waals surface area contributed by atoms with Gasteiger partial charge in [-0.15, -0.1) is 0 Å². The second-order valence-electron chi connectivity index (χ2n) is 6.14. The minimum atomic E-state index is -0.469. The first-order chi connectivity index (χ1) is 9.79. The highest BCUT2D eigenvalue weighted by atomic mass is 35.5. The van der Waals surface area contributed by atoms with Crippen LogP contribution in [0.25, 0.3) is 0 Å². The van der Waals surface area contributed by atoms with Crippen LogP contribution in [0.4, 0.5) is 4.39 Å². The second-order valence-corrected chi connectivity index (χ2v) is 6.55. The highest BCUT2D eigenvalue weighted by molar-refractivity contribution is 6.30. The Morgan fingerprint density at radius 3 is 2.43 bits per heavy atom. The van der Waals surface area contributed by atoms with Gasteiger partial charge in [-0.05, 0) is 28.7 Å². The number of halogens is 2. The summed E-state index contributed by atoms with van der Waals surface area (Å²) in [5, 5.41) is 0.0457. The van der Waals surface area contributed by atoms with Crippen LogP contribution >= 0.6 is 11.6 Å². The van der Waals surface area contributed by atoms with Gasteiger partial charge in [0, 0.05) is 12.0 Å². The maximum Gasteiger partial charge on any atom is 0.167 e. The van der Waals surface area contributed by atoms with Crippen molar-refractivity contribution in [2.45, 2.75) is 32.6 Å². The summed E-state index contributed by atoms with van der Waals surface area (Å²) < 4.78 is 13.2. The number of ketones is 1. The number of hydrogen-bond acceptors (Lipinski definition) is 1. The molecule has 110 valence electrons. The molecule has 2 aromatic carbocycles. The second kappa shape index (κ2) is 5.98. The van der Waals surface area contributed by atoms with Crippen LogP contribution in [-0.2, 0) is 11.8 Å². The van der Waals surface area contributed by atoms with E-state index in [0.29, 0.717) is 5.56 Å². The molecule has 0 saturated carbocycles. The fourth-order valence-electron chi connectivity index (χ4n) is 2.31.